The molecule has 1 atom stereocenters. The third-order valence-corrected chi connectivity index (χ3v) is 3.81. The van der Waals surface area contributed by atoms with Gasteiger partial charge < -0.3 is 15.2 Å². The van der Waals surface area contributed by atoms with Crippen LogP contribution < -0.4 is 16.2 Å². The highest BCUT2D eigenvalue weighted by atomic mass is 16.5. The Morgan fingerprint density at radius 3 is 2.52 bits per heavy atom. The average Bonchev–Trinajstić information content (AvgIpc) is 3.12. The van der Waals surface area contributed by atoms with E-state index in [2.05, 4.69) is 20.9 Å². The Labute approximate surface area is 144 Å². The molecule has 9 nitrogen and oxygen atoms in total. The number of aryl methyl sites for hydroxylation is 3. The van der Waals surface area contributed by atoms with Crippen LogP contribution >= 0.6 is 0 Å². The van der Waals surface area contributed by atoms with Gasteiger partial charge in [0.2, 0.25) is 0 Å². The van der Waals surface area contributed by atoms with Gasteiger partial charge in [-0.1, -0.05) is 13.8 Å². The Bertz CT molecular complexity index is 817. The van der Waals surface area contributed by atoms with Gasteiger partial charge in [0.1, 0.15) is 11.3 Å². The van der Waals surface area contributed by atoms with Crippen LogP contribution in [0.2, 0.25) is 0 Å². The highest BCUT2D eigenvalue weighted by Crippen LogP contribution is 2.07. The van der Waals surface area contributed by atoms with Gasteiger partial charge in [-0.2, -0.15) is 10.3 Å². The number of aromatic nitrogens is 3. The summed E-state index contributed by atoms with van der Waals surface area (Å²) < 4.78 is 6.42. The van der Waals surface area contributed by atoms with Crippen molar-refractivity contribution in [1.82, 2.24) is 25.6 Å². The number of hydrogen-bond donors (Lipinski definition) is 3. The van der Waals surface area contributed by atoms with Crippen LogP contribution in [0.4, 0.5) is 0 Å². The average molecular weight is 349 g/mol. The smallest absolute Gasteiger partial charge is 0.293 e. The van der Waals surface area contributed by atoms with Crippen molar-refractivity contribution in [3.63, 3.8) is 0 Å². The second-order valence-electron chi connectivity index (χ2n) is 6.01. The van der Waals surface area contributed by atoms with E-state index in [9.17, 15) is 14.4 Å². The molecule has 2 aromatic heterocycles. The minimum absolute atomic E-state index is 0.0130. The van der Waals surface area contributed by atoms with Crippen molar-refractivity contribution in [1.29, 1.82) is 0 Å². The van der Waals surface area contributed by atoms with Gasteiger partial charge in [-0.15, -0.1) is 0 Å². The van der Waals surface area contributed by atoms with Gasteiger partial charge in [-0.05, 0) is 19.3 Å². The molecule has 2 rings (SSSR count). The van der Waals surface area contributed by atoms with E-state index < -0.39 is 11.5 Å². The summed E-state index contributed by atoms with van der Waals surface area (Å²) in [4.78, 5) is 35.7. The minimum Gasteiger partial charge on any atom is -0.383 e. The highest BCUT2D eigenvalue weighted by Gasteiger charge is 2.19. The van der Waals surface area contributed by atoms with E-state index in [1.54, 1.807) is 17.9 Å². The van der Waals surface area contributed by atoms with E-state index >= 15 is 0 Å². The van der Waals surface area contributed by atoms with Gasteiger partial charge >= 0.3 is 0 Å². The van der Waals surface area contributed by atoms with Crippen LogP contribution in [0.25, 0.3) is 0 Å². The zero-order valence-electron chi connectivity index (χ0n) is 14.8. The van der Waals surface area contributed by atoms with Crippen LogP contribution in [0.3, 0.4) is 0 Å². The molecule has 0 radical (unpaired) electrons. The molecule has 25 heavy (non-hydrogen) atoms. The highest BCUT2D eigenvalue weighted by molar-refractivity contribution is 5.95. The Morgan fingerprint density at radius 1 is 1.32 bits per heavy atom. The fourth-order valence-electron chi connectivity index (χ4n) is 2.42. The maximum Gasteiger partial charge on any atom is 0.293 e. The Hall–Kier alpha value is -2.84. The summed E-state index contributed by atoms with van der Waals surface area (Å²) in [5, 5.41) is 11.9. The molecule has 2 aromatic rings. The molecule has 0 spiro atoms. The Balaban J connectivity index is 1.84. The molecular weight excluding hydrogens is 326 g/mol. The molecule has 2 amide bonds. The molecule has 0 fully saturated rings. The summed E-state index contributed by atoms with van der Waals surface area (Å²) in [6.07, 6.45) is 2.36. The van der Waals surface area contributed by atoms with E-state index in [0.29, 0.717) is 25.1 Å². The number of amides is 2. The molecule has 0 saturated carbocycles. The molecule has 1 unspecified atom stereocenters. The van der Waals surface area contributed by atoms with Crippen LogP contribution in [0.5, 0.6) is 0 Å². The summed E-state index contributed by atoms with van der Waals surface area (Å²) in [5.74, 6) is -0.454. The number of rotatable bonds is 7. The first-order valence-corrected chi connectivity index (χ1v) is 8.10. The lowest BCUT2D eigenvalue weighted by atomic mass is 10.1. The van der Waals surface area contributed by atoms with Crippen LogP contribution in [-0.2, 0) is 13.5 Å². The number of nitrogens with one attached hydrogen (secondary N) is 3. The normalized spacial score (nSPS) is 12.0. The zero-order valence-corrected chi connectivity index (χ0v) is 14.8. The van der Waals surface area contributed by atoms with E-state index in [1.807, 2.05) is 13.8 Å². The van der Waals surface area contributed by atoms with Crippen LogP contribution in [0.1, 0.15) is 46.0 Å². The van der Waals surface area contributed by atoms with Crippen molar-refractivity contribution in [2.45, 2.75) is 27.2 Å². The first kappa shape index (κ1) is 18.5. The van der Waals surface area contributed by atoms with Gasteiger partial charge in [0.15, 0.2) is 0 Å². The quantitative estimate of drug-likeness (QED) is 0.666. The lowest BCUT2D eigenvalue weighted by Gasteiger charge is -2.13. The second kappa shape index (κ2) is 7.82. The SMILES string of the molecule is CCc1nn(C)cc1C(=O)NCC(C)CNC(=O)c1c(C)o[nH]c1=O. The summed E-state index contributed by atoms with van der Waals surface area (Å²) in [5.41, 5.74) is 0.719. The second-order valence-corrected chi connectivity index (χ2v) is 6.01. The van der Waals surface area contributed by atoms with Crippen LogP contribution in [0, 0.1) is 12.8 Å². The fourth-order valence-corrected chi connectivity index (χ4v) is 2.42. The van der Waals surface area contributed by atoms with E-state index in [-0.39, 0.29) is 23.1 Å². The predicted molar refractivity (Wildman–Crippen MR) is 90.5 cm³/mol. The third-order valence-electron chi connectivity index (χ3n) is 3.81. The van der Waals surface area contributed by atoms with Crippen LogP contribution in [0.15, 0.2) is 15.5 Å². The molecule has 2 heterocycles. The monoisotopic (exact) mass is 349 g/mol. The fraction of sp³-hybridized carbons (Fsp3) is 0.500. The number of nitrogens with zero attached hydrogens (tertiary/aromatic N) is 2. The lowest BCUT2D eigenvalue weighted by molar-refractivity contribution is 0.0940. The van der Waals surface area contributed by atoms with E-state index in [1.165, 1.54) is 6.92 Å². The van der Waals surface area contributed by atoms with Crippen LogP contribution in [-0.4, -0.2) is 39.8 Å². The van der Waals surface area contributed by atoms with Gasteiger partial charge in [0.05, 0.1) is 11.3 Å². The van der Waals surface area contributed by atoms with E-state index in [0.717, 1.165) is 5.69 Å². The zero-order chi connectivity index (χ0) is 18.6. The Kier molecular flexibility index (Phi) is 5.79. The van der Waals surface area contributed by atoms with Gasteiger partial charge in [-0.25, -0.2) is 0 Å². The number of carbonyl (C=O) groups is 2. The number of carbonyl (C=O) groups excluding carboxylic acids is 2. The molecule has 136 valence electrons. The third kappa shape index (κ3) is 4.37. The van der Waals surface area contributed by atoms with E-state index in [4.69, 9.17) is 4.52 Å². The molecule has 0 aliphatic heterocycles. The standard InChI is InChI=1S/C16H23N5O4/c1-5-12-11(8-21(4)19-12)14(22)17-6-9(2)7-18-15(23)13-10(3)25-20-16(13)24/h8-9H,5-7H2,1-4H3,(H,17,22)(H,18,23)(H,20,24). The molecule has 0 saturated heterocycles. The molecule has 3 N–H and O–H groups in total. The van der Waals surface area contributed by atoms with Gasteiger partial charge in [0, 0.05) is 26.3 Å². The van der Waals surface area contributed by atoms with Gasteiger partial charge in [0.25, 0.3) is 17.4 Å². The lowest BCUT2D eigenvalue weighted by Crippen LogP contribution is -2.36. The first-order valence-electron chi connectivity index (χ1n) is 8.10. The summed E-state index contributed by atoms with van der Waals surface area (Å²) >= 11 is 0. The minimum atomic E-state index is -0.556. The molecule has 0 aliphatic rings. The van der Waals surface area contributed by atoms with Crippen molar-refractivity contribution in [2.75, 3.05) is 13.1 Å². The summed E-state index contributed by atoms with van der Waals surface area (Å²) in [6.45, 7) is 6.07. The predicted octanol–water partition coefficient (Wildman–Crippen LogP) is 0.368. The number of hydrogen-bond acceptors (Lipinski definition) is 5. The van der Waals surface area contributed by atoms with Crippen molar-refractivity contribution in [2.24, 2.45) is 13.0 Å². The molecule has 9 heteroatoms. The van der Waals surface area contributed by atoms with Gasteiger partial charge in [-0.3, -0.25) is 19.1 Å². The summed E-state index contributed by atoms with van der Waals surface area (Å²) in [6, 6.07) is 0. The molecule has 0 aliphatic carbocycles. The maximum atomic E-state index is 12.2. The molecule has 0 aromatic carbocycles. The molecule has 0 bridgehead atoms. The molecular formula is C16H23N5O4. The largest absolute Gasteiger partial charge is 0.383 e. The maximum absolute atomic E-state index is 12.2. The number of H-pyrrole nitrogens is 1. The van der Waals surface area contributed by atoms with Crippen molar-refractivity contribution in [3.8, 4) is 0 Å². The topological polar surface area (TPSA) is 122 Å². The van der Waals surface area contributed by atoms with Crippen molar-refractivity contribution < 1.29 is 14.1 Å². The Morgan fingerprint density at radius 2 is 1.96 bits per heavy atom. The summed E-state index contributed by atoms with van der Waals surface area (Å²) in [7, 11) is 1.77. The van der Waals surface area contributed by atoms with Crippen molar-refractivity contribution >= 4 is 11.8 Å². The van der Waals surface area contributed by atoms with Crippen molar-refractivity contribution in [3.05, 3.63) is 39.1 Å². The number of aromatic amines is 1. The first-order chi connectivity index (χ1) is 11.8.